The number of nitrogens with zero attached hydrogens (tertiary/aromatic N) is 2. The number of hydrogen-bond acceptors (Lipinski definition) is 3. The molecule has 101 valence electrons. The van der Waals surface area contributed by atoms with Crippen molar-refractivity contribution in [1.82, 2.24) is 10.9 Å². The predicted molar refractivity (Wildman–Crippen MR) is 78.8 cm³/mol. The molecule has 1 N–H and O–H groups in total. The number of hydrogen-bond donors (Lipinski definition) is 1. The van der Waals surface area contributed by atoms with Gasteiger partial charge in [-0.05, 0) is 24.8 Å². The Kier molecular flexibility index (Phi) is 5.42. The molecule has 0 saturated carbocycles. The van der Waals surface area contributed by atoms with E-state index in [1.807, 2.05) is 18.2 Å². The van der Waals surface area contributed by atoms with Crippen molar-refractivity contribution in [2.45, 2.75) is 38.0 Å². The van der Waals surface area contributed by atoms with Crippen LogP contribution in [0.15, 0.2) is 35.3 Å². The van der Waals surface area contributed by atoms with E-state index in [4.69, 9.17) is 0 Å². The maximum absolute atomic E-state index is 11.7. The summed E-state index contributed by atoms with van der Waals surface area (Å²) in [6.45, 7) is 2.07. The summed E-state index contributed by atoms with van der Waals surface area (Å²) >= 11 is 1.52. The molecule has 0 aliphatic carbocycles. The lowest BCUT2D eigenvalue weighted by atomic mass is 10.1. The van der Waals surface area contributed by atoms with E-state index in [9.17, 15) is 4.79 Å². The molecule has 1 radical (unpaired) electrons. The Morgan fingerprint density at radius 3 is 2.89 bits per heavy atom. The second-order valence-corrected chi connectivity index (χ2v) is 5.55. The number of amidine groups is 1. The van der Waals surface area contributed by atoms with Gasteiger partial charge in [0.15, 0.2) is 0 Å². The van der Waals surface area contributed by atoms with Crippen LogP contribution in [0.25, 0.3) is 0 Å². The molecule has 1 fully saturated rings. The van der Waals surface area contributed by atoms with Crippen LogP contribution in [0.5, 0.6) is 0 Å². The number of carbonyl (C=O) groups is 1. The van der Waals surface area contributed by atoms with Crippen molar-refractivity contribution in [2.24, 2.45) is 4.99 Å². The molecule has 4 nitrogen and oxygen atoms in total. The fourth-order valence-electron chi connectivity index (χ4n) is 1.78. The Morgan fingerprint density at radius 1 is 1.42 bits per heavy atom. The minimum Gasteiger partial charge on any atom is -0.273 e. The summed E-state index contributed by atoms with van der Waals surface area (Å²) in [5.74, 6) is -0.0827. The molecule has 1 amide bonds. The van der Waals surface area contributed by atoms with Gasteiger partial charge in [0, 0.05) is 6.42 Å². The molecular formula is C14H18N3OS. The Morgan fingerprint density at radius 2 is 2.21 bits per heavy atom. The van der Waals surface area contributed by atoms with Crippen molar-refractivity contribution >= 4 is 22.8 Å². The summed E-state index contributed by atoms with van der Waals surface area (Å²) < 4.78 is 0. The van der Waals surface area contributed by atoms with E-state index in [0.717, 1.165) is 19.3 Å². The summed E-state index contributed by atoms with van der Waals surface area (Å²) in [6, 6.07) is 10.2. The van der Waals surface area contributed by atoms with Crippen LogP contribution in [-0.4, -0.2) is 16.4 Å². The largest absolute Gasteiger partial charge is 0.273 e. The van der Waals surface area contributed by atoms with Crippen molar-refractivity contribution in [2.75, 3.05) is 0 Å². The molecule has 0 aromatic heterocycles. The quantitative estimate of drug-likeness (QED) is 0.899. The maximum atomic E-state index is 11.7. The predicted octanol–water partition coefficient (Wildman–Crippen LogP) is 2.48. The molecule has 1 aromatic carbocycles. The van der Waals surface area contributed by atoms with Gasteiger partial charge >= 0.3 is 0 Å². The van der Waals surface area contributed by atoms with Crippen LogP contribution in [0, 0.1) is 0 Å². The van der Waals surface area contributed by atoms with Crippen LogP contribution in [0.1, 0.15) is 31.7 Å². The zero-order valence-electron chi connectivity index (χ0n) is 11.0. The number of amides is 1. The number of carbonyl (C=O) groups excluding carboxylic acids is 1. The van der Waals surface area contributed by atoms with E-state index >= 15 is 0 Å². The third-order valence-corrected chi connectivity index (χ3v) is 3.96. The molecule has 1 aliphatic heterocycles. The number of aliphatic imine (C=N–C) groups is 1. The van der Waals surface area contributed by atoms with Crippen LogP contribution >= 0.6 is 11.8 Å². The number of rotatable bonds is 5. The van der Waals surface area contributed by atoms with Gasteiger partial charge in [-0.25, -0.2) is 0 Å². The fraction of sp³-hybridized carbons (Fsp3) is 0.429. The SMILES string of the molecule is CCC1N[N]C(=NC(=O)CCCc2ccccc2)S1. The second kappa shape index (κ2) is 7.31. The topological polar surface area (TPSA) is 55.6 Å². The number of nitrogens with one attached hydrogen (secondary N) is 1. The van der Waals surface area contributed by atoms with Gasteiger partial charge in [-0.1, -0.05) is 49.0 Å². The summed E-state index contributed by atoms with van der Waals surface area (Å²) in [5.41, 5.74) is 8.24. The zero-order chi connectivity index (χ0) is 13.5. The Hall–Kier alpha value is -1.33. The molecule has 1 heterocycles. The summed E-state index contributed by atoms with van der Waals surface area (Å²) in [5, 5.41) is 0.826. The van der Waals surface area contributed by atoms with Gasteiger partial charge < -0.3 is 0 Å². The van der Waals surface area contributed by atoms with Crippen molar-refractivity contribution in [1.29, 1.82) is 0 Å². The Bertz CT molecular complexity index is 447. The average Bonchev–Trinajstić information content (AvgIpc) is 2.87. The third-order valence-electron chi connectivity index (χ3n) is 2.84. The van der Waals surface area contributed by atoms with Gasteiger partial charge in [0.05, 0.1) is 5.37 Å². The summed E-state index contributed by atoms with van der Waals surface area (Å²) in [7, 11) is 0. The van der Waals surface area contributed by atoms with Crippen molar-refractivity contribution in [3.63, 3.8) is 0 Å². The zero-order valence-corrected chi connectivity index (χ0v) is 11.8. The number of aryl methyl sites for hydroxylation is 1. The molecule has 1 aliphatic rings. The number of benzene rings is 1. The maximum Gasteiger partial charge on any atom is 0.248 e. The van der Waals surface area contributed by atoms with Gasteiger partial charge in [-0.15, -0.1) is 0 Å². The highest BCUT2D eigenvalue weighted by Gasteiger charge is 2.21. The minimum atomic E-state index is -0.0827. The fourth-order valence-corrected chi connectivity index (χ4v) is 2.57. The van der Waals surface area contributed by atoms with Crippen LogP contribution in [0.2, 0.25) is 0 Å². The van der Waals surface area contributed by atoms with E-state index in [1.165, 1.54) is 17.3 Å². The summed E-state index contributed by atoms with van der Waals surface area (Å²) in [4.78, 5) is 15.7. The lowest BCUT2D eigenvalue weighted by molar-refractivity contribution is -0.117. The van der Waals surface area contributed by atoms with E-state index in [-0.39, 0.29) is 11.3 Å². The van der Waals surface area contributed by atoms with E-state index in [0.29, 0.717) is 11.6 Å². The van der Waals surface area contributed by atoms with Crippen molar-refractivity contribution < 1.29 is 4.79 Å². The van der Waals surface area contributed by atoms with E-state index in [1.54, 1.807) is 0 Å². The molecule has 1 saturated heterocycles. The first-order chi connectivity index (χ1) is 9.28. The highest BCUT2D eigenvalue weighted by molar-refractivity contribution is 8.14. The van der Waals surface area contributed by atoms with Gasteiger partial charge in [-0.3, -0.25) is 4.79 Å². The molecular weight excluding hydrogens is 258 g/mol. The molecule has 5 heteroatoms. The normalized spacial score (nSPS) is 20.5. The van der Waals surface area contributed by atoms with Gasteiger partial charge in [-0.2, -0.15) is 15.8 Å². The monoisotopic (exact) mass is 276 g/mol. The van der Waals surface area contributed by atoms with Crippen molar-refractivity contribution in [3.05, 3.63) is 35.9 Å². The minimum absolute atomic E-state index is 0.0827. The van der Waals surface area contributed by atoms with Gasteiger partial charge in [0.2, 0.25) is 11.1 Å². The van der Waals surface area contributed by atoms with Crippen LogP contribution in [0.3, 0.4) is 0 Å². The first-order valence-corrected chi connectivity index (χ1v) is 7.44. The molecule has 0 spiro atoms. The molecule has 1 aromatic rings. The lowest BCUT2D eigenvalue weighted by Gasteiger charge is -1.99. The van der Waals surface area contributed by atoms with Gasteiger partial charge in [0.1, 0.15) is 0 Å². The third kappa shape index (κ3) is 4.69. The van der Waals surface area contributed by atoms with Crippen LogP contribution in [0.4, 0.5) is 0 Å². The average molecular weight is 276 g/mol. The smallest absolute Gasteiger partial charge is 0.248 e. The van der Waals surface area contributed by atoms with Crippen molar-refractivity contribution in [3.8, 4) is 0 Å². The highest BCUT2D eigenvalue weighted by atomic mass is 32.2. The Labute approximate surface area is 118 Å². The molecule has 0 bridgehead atoms. The first kappa shape index (κ1) is 14.1. The lowest BCUT2D eigenvalue weighted by Crippen LogP contribution is -2.24. The number of thioether (sulfide) groups is 1. The van der Waals surface area contributed by atoms with E-state index < -0.39 is 0 Å². The van der Waals surface area contributed by atoms with Crippen LogP contribution in [-0.2, 0) is 11.2 Å². The van der Waals surface area contributed by atoms with Crippen LogP contribution < -0.4 is 10.9 Å². The molecule has 1 atom stereocenters. The van der Waals surface area contributed by atoms with E-state index in [2.05, 4.69) is 34.9 Å². The summed E-state index contributed by atoms with van der Waals surface area (Å²) in [6.07, 6.45) is 3.19. The van der Waals surface area contributed by atoms with Gasteiger partial charge in [0.25, 0.3) is 0 Å². The Balaban J connectivity index is 1.72. The molecule has 2 rings (SSSR count). The molecule has 19 heavy (non-hydrogen) atoms. The second-order valence-electron chi connectivity index (χ2n) is 4.38. The molecule has 1 unspecified atom stereocenters. The first-order valence-electron chi connectivity index (χ1n) is 6.56. The standard InChI is InChI=1S/C14H18N3OS/c1-2-13-16-17-14(19-13)15-12(18)10-6-9-11-7-4-3-5-8-11/h3-5,7-8,13,16H,2,6,9-10H2,1H3. The highest BCUT2D eigenvalue weighted by Crippen LogP contribution is 2.18.